The Kier molecular flexibility index (Phi) is 7.07. The highest BCUT2D eigenvalue weighted by Crippen LogP contribution is 2.19. The third-order valence-electron chi connectivity index (χ3n) is 4.98. The average molecular weight is 424 g/mol. The maximum Gasteiger partial charge on any atom is 0.255 e. The standard InChI is InChI=1S/C23H25N3O3S/c27-23(21-3-1-2-4-22(21)29-15-20-16-30-17-25-20)24-13-18-5-7-19(8-6-18)14-26-9-11-28-12-10-26/h1-8,16-17H,9-15H2,(H,24,27). The van der Waals surface area contributed by atoms with E-state index in [2.05, 4.69) is 39.5 Å². The van der Waals surface area contributed by atoms with E-state index in [1.165, 1.54) is 16.9 Å². The van der Waals surface area contributed by atoms with Crippen LogP contribution in [0.1, 0.15) is 27.2 Å². The molecule has 1 aliphatic rings. The van der Waals surface area contributed by atoms with E-state index in [-0.39, 0.29) is 5.91 Å². The Balaban J connectivity index is 1.31. The van der Waals surface area contributed by atoms with Crippen LogP contribution >= 0.6 is 11.3 Å². The number of para-hydroxylation sites is 1. The summed E-state index contributed by atoms with van der Waals surface area (Å²) in [7, 11) is 0. The number of carbonyl (C=O) groups excluding carboxylic acids is 1. The van der Waals surface area contributed by atoms with Gasteiger partial charge in [0, 0.05) is 31.6 Å². The maximum absolute atomic E-state index is 12.7. The van der Waals surface area contributed by atoms with Crippen LogP contribution in [0.15, 0.2) is 59.4 Å². The quantitative estimate of drug-likeness (QED) is 0.601. The second-order valence-corrected chi connectivity index (χ2v) is 7.87. The predicted molar refractivity (Wildman–Crippen MR) is 117 cm³/mol. The Bertz CT molecular complexity index is 939. The minimum absolute atomic E-state index is 0.152. The zero-order valence-electron chi connectivity index (χ0n) is 16.8. The van der Waals surface area contributed by atoms with Crippen molar-refractivity contribution in [1.29, 1.82) is 0 Å². The molecule has 1 aromatic heterocycles. The van der Waals surface area contributed by atoms with Crippen molar-refractivity contribution in [3.05, 3.63) is 81.8 Å². The molecule has 0 radical (unpaired) electrons. The van der Waals surface area contributed by atoms with Crippen molar-refractivity contribution in [1.82, 2.24) is 15.2 Å². The minimum atomic E-state index is -0.152. The van der Waals surface area contributed by atoms with Gasteiger partial charge >= 0.3 is 0 Å². The number of morpholine rings is 1. The van der Waals surface area contributed by atoms with E-state index >= 15 is 0 Å². The second-order valence-electron chi connectivity index (χ2n) is 7.15. The molecule has 4 rings (SSSR count). The topological polar surface area (TPSA) is 63.7 Å². The smallest absolute Gasteiger partial charge is 0.255 e. The summed E-state index contributed by atoms with van der Waals surface area (Å²) in [6.45, 7) is 5.30. The largest absolute Gasteiger partial charge is 0.486 e. The summed E-state index contributed by atoms with van der Waals surface area (Å²) in [5.74, 6) is 0.408. The Labute approximate surface area is 180 Å². The lowest BCUT2D eigenvalue weighted by Gasteiger charge is -2.26. The lowest BCUT2D eigenvalue weighted by Crippen LogP contribution is -2.35. The molecule has 156 valence electrons. The molecule has 1 aliphatic heterocycles. The molecule has 3 aromatic rings. The normalized spacial score (nSPS) is 14.4. The van der Waals surface area contributed by atoms with E-state index in [4.69, 9.17) is 9.47 Å². The van der Waals surface area contributed by atoms with Gasteiger partial charge in [-0.2, -0.15) is 0 Å². The van der Waals surface area contributed by atoms with Gasteiger partial charge in [-0.25, -0.2) is 4.98 Å². The van der Waals surface area contributed by atoms with Crippen LogP contribution in [0.4, 0.5) is 0 Å². The molecule has 2 aromatic carbocycles. The number of hydrogen-bond acceptors (Lipinski definition) is 6. The molecule has 0 saturated carbocycles. The van der Waals surface area contributed by atoms with Crippen LogP contribution in [0.3, 0.4) is 0 Å². The third kappa shape index (κ3) is 5.66. The molecular weight excluding hydrogens is 398 g/mol. The van der Waals surface area contributed by atoms with Gasteiger partial charge in [0.25, 0.3) is 5.91 Å². The number of nitrogens with zero attached hydrogens (tertiary/aromatic N) is 2. The number of amides is 1. The predicted octanol–water partition coefficient (Wildman–Crippen LogP) is 3.48. The molecule has 1 N–H and O–H groups in total. The Morgan fingerprint density at radius 1 is 1.10 bits per heavy atom. The number of aromatic nitrogens is 1. The van der Waals surface area contributed by atoms with E-state index < -0.39 is 0 Å². The van der Waals surface area contributed by atoms with E-state index in [0.29, 0.717) is 24.5 Å². The van der Waals surface area contributed by atoms with Gasteiger partial charge in [0.05, 0.1) is 30.0 Å². The summed E-state index contributed by atoms with van der Waals surface area (Å²) in [5, 5.41) is 4.93. The lowest BCUT2D eigenvalue weighted by molar-refractivity contribution is 0.0342. The number of carbonyl (C=O) groups is 1. The fourth-order valence-corrected chi connectivity index (χ4v) is 3.84. The summed E-state index contributed by atoms with van der Waals surface area (Å²) in [6, 6.07) is 15.7. The first-order valence-electron chi connectivity index (χ1n) is 10.0. The highest BCUT2D eigenvalue weighted by Gasteiger charge is 2.13. The zero-order valence-corrected chi connectivity index (χ0v) is 17.6. The lowest BCUT2D eigenvalue weighted by atomic mass is 10.1. The van der Waals surface area contributed by atoms with Gasteiger partial charge in [-0.05, 0) is 23.3 Å². The minimum Gasteiger partial charge on any atom is -0.486 e. The molecule has 7 heteroatoms. The monoisotopic (exact) mass is 423 g/mol. The number of benzene rings is 2. The third-order valence-corrected chi connectivity index (χ3v) is 5.61. The Morgan fingerprint density at radius 2 is 1.87 bits per heavy atom. The SMILES string of the molecule is O=C(NCc1ccc(CN2CCOCC2)cc1)c1ccccc1OCc1cscn1. The summed E-state index contributed by atoms with van der Waals surface area (Å²) in [4.78, 5) is 19.3. The molecule has 0 bridgehead atoms. The van der Waals surface area contributed by atoms with Crippen LogP contribution < -0.4 is 10.1 Å². The van der Waals surface area contributed by atoms with Gasteiger partial charge in [0.2, 0.25) is 0 Å². The molecule has 1 fully saturated rings. The number of nitrogens with one attached hydrogen (secondary N) is 1. The van der Waals surface area contributed by atoms with Crippen molar-refractivity contribution >= 4 is 17.2 Å². The fraction of sp³-hybridized carbons (Fsp3) is 0.304. The van der Waals surface area contributed by atoms with E-state index in [1.54, 1.807) is 11.6 Å². The van der Waals surface area contributed by atoms with Gasteiger partial charge < -0.3 is 14.8 Å². The van der Waals surface area contributed by atoms with Crippen LogP contribution in [0, 0.1) is 0 Å². The zero-order chi connectivity index (χ0) is 20.6. The van der Waals surface area contributed by atoms with Crippen LogP contribution in [-0.2, 0) is 24.4 Å². The van der Waals surface area contributed by atoms with E-state index in [1.807, 2.05) is 23.6 Å². The summed E-state index contributed by atoms with van der Waals surface area (Å²) < 4.78 is 11.2. The van der Waals surface area contributed by atoms with Crippen molar-refractivity contribution < 1.29 is 14.3 Å². The number of ether oxygens (including phenoxy) is 2. The van der Waals surface area contributed by atoms with Crippen molar-refractivity contribution in [2.24, 2.45) is 0 Å². The van der Waals surface area contributed by atoms with Crippen molar-refractivity contribution in [2.75, 3.05) is 26.3 Å². The van der Waals surface area contributed by atoms with Crippen molar-refractivity contribution in [2.45, 2.75) is 19.7 Å². The van der Waals surface area contributed by atoms with Gasteiger partial charge in [-0.15, -0.1) is 11.3 Å². The van der Waals surface area contributed by atoms with E-state index in [0.717, 1.165) is 44.1 Å². The van der Waals surface area contributed by atoms with Crippen LogP contribution in [0.2, 0.25) is 0 Å². The summed E-state index contributed by atoms with van der Waals surface area (Å²) in [5.41, 5.74) is 5.48. The molecule has 0 unspecified atom stereocenters. The summed E-state index contributed by atoms with van der Waals surface area (Å²) in [6.07, 6.45) is 0. The van der Waals surface area contributed by atoms with Crippen LogP contribution in [-0.4, -0.2) is 42.1 Å². The van der Waals surface area contributed by atoms with Gasteiger partial charge in [-0.3, -0.25) is 9.69 Å². The van der Waals surface area contributed by atoms with E-state index in [9.17, 15) is 4.79 Å². The van der Waals surface area contributed by atoms with Gasteiger partial charge in [0.15, 0.2) is 0 Å². The first-order chi connectivity index (χ1) is 14.8. The highest BCUT2D eigenvalue weighted by atomic mass is 32.1. The first kappa shape index (κ1) is 20.5. The Morgan fingerprint density at radius 3 is 2.63 bits per heavy atom. The number of rotatable bonds is 8. The van der Waals surface area contributed by atoms with Gasteiger partial charge in [0.1, 0.15) is 12.4 Å². The van der Waals surface area contributed by atoms with Crippen molar-refractivity contribution in [3.63, 3.8) is 0 Å². The molecule has 2 heterocycles. The molecule has 1 amide bonds. The molecule has 0 aliphatic carbocycles. The molecule has 0 spiro atoms. The summed E-state index contributed by atoms with van der Waals surface area (Å²) >= 11 is 1.52. The highest BCUT2D eigenvalue weighted by molar-refractivity contribution is 7.07. The first-order valence-corrected chi connectivity index (χ1v) is 11.0. The molecular formula is C23H25N3O3S. The average Bonchev–Trinajstić information content (AvgIpc) is 3.32. The van der Waals surface area contributed by atoms with Crippen molar-refractivity contribution in [3.8, 4) is 5.75 Å². The second kappa shape index (κ2) is 10.3. The molecule has 0 atom stereocenters. The van der Waals surface area contributed by atoms with Crippen LogP contribution in [0.25, 0.3) is 0 Å². The fourth-order valence-electron chi connectivity index (χ4n) is 3.30. The molecule has 30 heavy (non-hydrogen) atoms. The maximum atomic E-state index is 12.7. The number of hydrogen-bond donors (Lipinski definition) is 1. The molecule has 1 saturated heterocycles. The van der Waals surface area contributed by atoms with Crippen LogP contribution in [0.5, 0.6) is 5.75 Å². The van der Waals surface area contributed by atoms with Gasteiger partial charge in [-0.1, -0.05) is 36.4 Å². The molecule has 6 nitrogen and oxygen atoms in total. The number of thiazole rings is 1. The Hall–Kier alpha value is -2.74.